The summed E-state index contributed by atoms with van der Waals surface area (Å²) in [4.78, 5) is 4.82. The molecule has 0 radical (unpaired) electrons. The molecule has 2 bridgehead atoms. The van der Waals surface area contributed by atoms with Crippen LogP contribution in [0.25, 0.3) is 5.65 Å². The summed E-state index contributed by atoms with van der Waals surface area (Å²) < 4.78 is 39.3. The second-order valence-corrected chi connectivity index (χ2v) is 5.88. The van der Waals surface area contributed by atoms with E-state index in [4.69, 9.17) is 0 Å². The van der Waals surface area contributed by atoms with E-state index < -0.39 is 12.0 Å². The highest BCUT2D eigenvalue weighted by Crippen LogP contribution is 2.27. The van der Waals surface area contributed by atoms with Gasteiger partial charge in [-0.05, 0) is 12.1 Å². The largest absolute Gasteiger partial charge is 0.453 e. The summed E-state index contributed by atoms with van der Waals surface area (Å²) in [6.45, 7) is 5.91. The Morgan fingerprint density at radius 2 is 1.91 bits per heavy atom. The van der Waals surface area contributed by atoms with Crippen LogP contribution in [0.1, 0.15) is 5.82 Å². The molecule has 2 aromatic rings. The van der Waals surface area contributed by atoms with E-state index in [0.29, 0.717) is 18.4 Å². The fourth-order valence-corrected chi connectivity index (χ4v) is 3.20. The molecule has 1 unspecified atom stereocenters. The monoisotopic (exact) mass is 327 g/mol. The third-order valence-corrected chi connectivity index (χ3v) is 4.43. The molecular weight excluding hydrogens is 311 g/mol. The van der Waals surface area contributed by atoms with Crippen LogP contribution in [0.15, 0.2) is 12.1 Å². The minimum atomic E-state index is -4.58. The fourth-order valence-electron chi connectivity index (χ4n) is 3.20. The Morgan fingerprint density at radius 3 is 2.57 bits per heavy atom. The number of nitrogens with zero attached hydrogens (tertiary/aromatic N) is 6. The number of aromatic nitrogens is 4. The van der Waals surface area contributed by atoms with Crippen molar-refractivity contribution in [2.45, 2.75) is 12.2 Å². The Bertz CT molecular complexity index is 705. The van der Waals surface area contributed by atoms with Gasteiger partial charge in [-0.1, -0.05) is 0 Å². The number of nitrogens with one attached hydrogen (secondary N) is 1. The van der Waals surface area contributed by atoms with E-state index in [0.717, 1.165) is 37.2 Å². The Balaban J connectivity index is 1.51. The van der Waals surface area contributed by atoms with E-state index in [9.17, 15) is 13.2 Å². The molecule has 5 heterocycles. The highest BCUT2D eigenvalue weighted by Gasteiger charge is 2.37. The number of halogens is 3. The van der Waals surface area contributed by atoms with Crippen LogP contribution in [0.3, 0.4) is 0 Å². The first-order valence-corrected chi connectivity index (χ1v) is 7.51. The molecule has 0 aromatic carbocycles. The van der Waals surface area contributed by atoms with E-state index >= 15 is 0 Å². The van der Waals surface area contributed by atoms with Crippen molar-refractivity contribution in [1.82, 2.24) is 29.6 Å². The van der Waals surface area contributed by atoms with Crippen LogP contribution >= 0.6 is 0 Å². The summed E-state index contributed by atoms with van der Waals surface area (Å²) >= 11 is 0. The molecule has 1 N–H and O–H groups in total. The van der Waals surface area contributed by atoms with Crippen LogP contribution in [0.2, 0.25) is 0 Å². The van der Waals surface area contributed by atoms with Gasteiger partial charge in [0.25, 0.3) is 5.82 Å². The molecule has 1 atom stereocenters. The quantitative estimate of drug-likeness (QED) is 0.889. The van der Waals surface area contributed by atoms with Gasteiger partial charge >= 0.3 is 6.18 Å². The highest BCUT2D eigenvalue weighted by molar-refractivity contribution is 5.44. The van der Waals surface area contributed by atoms with Crippen LogP contribution in [0, 0.1) is 0 Å². The van der Waals surface area contributed by atoms with Gasteiger partial charge in [0.2, 0.25) is 0 Å². The number of piperazine rings is 3. The van der Waals surface area contributed by atoms with Gasteiger partial charge < -0.3 is 5.32 Å². The minimum Gasteiger partial charge on any atom is -0.367 e. The lowest BCUT2D eigenvalue weighted by atomic mass is 10.1. The smallest absolute Gasteiger partial charge is 0.367 e. The first-order chi connectivity index (χ1) is 11.0. The van der Waals surface area contributed by atoms with Gasteiger partial charge in [0.15, 0.2) is 5.65 Å². The Morgan fingerprint density at radius 1 is 1.13 bits per heavy atom. The lowest BCUT2D eigenvalue weighted by molar-refractivity contribution is -0.146. The molecule has 23 heavy (non-hydrogen) atoms. The standard InChI is InChI=1S/C13H16F3N7/c14-13(15,16)12-19-18-11-2-1-10(20-23(11)12)17-7-9-8-21-3-5-22(9)6-4-21/h1-2,9H,3-8H2,(H,17,20). The van der Waals surface area contributed by atoms with Crippen LogP contribution in [0.5, 0.6) is 0 Å². The van der Waals surface area contributed by atoms with Gasteiger partial charge in [0.1, 0.15) is 5.82 Å². The zero-order valence-corrected chi connectivity index (χ0v) is 12.3. The molecule has 3 fully saturated rings. The van der Waals surface area contributed by atoms with Crippen LogP contribution in [-0.4, -0.2) is 74.9 Å². The predicted molar refractivity (Wildman–Crippen MR) is 76.1 cm³/mol. The SMILES string of the molecule is FC(F)(F)c1nnc2ccc(NCC3CN4CCN3CC4)nn12. The second-order valence-electron chi connectivity index (χ2n) is 5.88. The number of fused-ring (bicyclic) bond motifs is 4. The zero-order chi connectivity index (χ0) is 16.0. The molecule has 10 heteroatoms. The van der Waals surface area contributed by atoms with Crippen molar-refractivity contribution < 1.29 is 13.2 Å². The maximum atomic E-state index is 12.9. The maximum absolute atomic E-state index is 12.9. The van der Waals surface area contributed by atoms with Crippen LogP contribution in [-0.2, 0) is 6.18 Å². The lowest BCUT2D eigenvalue weighted by Crippen LogP contribution is -2.62. The van der Waals surface area contributed by atoms with Crippen LogP contribution < -0.4 is 5.32 Å². The van der Waals surface area contributed by atoms with Gasteiger partial charge in [0, 0.05) is 45.3 Å². The number of alkyl halides is 3. The molecular formula is C13H16F3N7. The Hall–Kier alpha value is -1.94. The molecule has 3 saturated heterocycles. The normalized spacial score (nSPS) is 27.5. The maximum Gasteiger partial charge on any atom is 0.453 e. The summed E-state index contributed by atoms with van der Waals surface area (Å²) in [6.07, 6.45) is -4.58. The molecule has 5 rings (SSSR count). The molecule has 2 aromatic heterocycles. The van der Waals surface area contributed by atoms with E-state index in [1.807, 2.05) is 0 Å². The van der Waals surface area contributed by atoms with E-state index in [1.165, 1.54) is 6.07 Å². The summed E-state index contributed by atoms with van der Waals surface area (Å²) in [7, 11) is 0. The summed E-state index contributed by atoms with van der Waals surface area (Å²) in [5.41, 5.74) is 0.0782. The molecule has 3 aliphatic rings. The highest BCUT2D eigenvalue weighted by atomic mass is 19.4. The van der Waals surface area contributed by atoms with E-state index in [1.54, 1.807) is 6.07 Å². The predicted octanol–water partition coefficient (Wildman–Crippen LogP) is 0.555. The average molecular weight is 327 g/mol. The molecule has 0 amide bonds. The third-order valence-electron chi connectivity index (χ3n) is 4.43. The van der Waals surface area contributed by atoms with E-state index in [-0.39, 0.29) is 5.65 Å². The fraction of sp³-hybridized carbons (Fsp3) is 0.615. The second kappa shape index (κ2) is 5.31. The molecule has 7 nitrogen and oxygen atoms in total. The molecule has 124 valence electrons. The molecule has 0 spiro atoms. The Labute approximate surface area is 130 Å². The van der Waals surface area contributed by atoms with Gasteiger partial charge in [0.05, 0.1) is 0 Å². The van der Waals surface area contributed by atoms with Crippen molar-refractivity contribution in [3.63, 3.8) is 0 Å². The number of rotatable bonds is 3. The van der Waals surface area contributed by atoms with Crippen molar-refractivity contribution in [2.75, 3.05) is 44.6 Å². The van der Waals surface area contributed by atoms with Crippen molar-refractivity contribution in [3.05, 3.63) is 18.0 Å². The van der Waals surface area contributed by atoms with Crippen LogP contribution in [0.4, 0.5) is 19.0 Å². The molecule has 0 saturated carbocycles. The van der Waals surface area contributed by atoms with Gasteiger partial charge in [-0.3, -0.25) is 9.80 Å². The van der Waals surface area contributed by atoms with Crippen molar-refractivity contribution in [3.8, 4) is 0 Å². The van der Waals surface area contributed by atoms with Crippen molar-refractivity contribution >= 4 is 11.5 Å². The summed E-state index contributed by atoms with van der Waals surface area (Å²) in [6, 6.07) is 3.47. The minimum absolute atomic E-state index is 0.0782. The third kappa shape index (κ3) is 2.72. The number of hydrogen-bond acceptors (Lipinski definition) is 6. The molecule has 3 aliphatic heterocycles. The van der Waals surface area contributed by atoms with Gasteiger partial charge in [-0.25, -0.2) is 0 Å². The van der Waals surface area contributed by atoms with Gasteiger partial charge in [-0.15, -0.1) is 15.3 Å². The average Bonchev–Trinajstić information content (AvgIpc) is 2.97. The zero-order valence-electron chi connectivity index (χ0n) is 12.3. The first kappa shape index (κ1) is 14.6. The van der Waals surface area contributed by atoms with E-state index in [2.05, 4.69) is 30.4 Å². The topological polar surface area (TPSA) is 61.6 Å². The van der Waals surface area contributed by atoms with Crippen molar-refractivity contribution in [2.24, 2.45) is 0 Å². The first-order valence-electron chi connectivity index (χ1n) is 7.51. The Kier molecular flexibility index (Phi) is 3.38. The van der Waals surface area contributed by atoms with Gasteiger partial charge in [-0.2, -0.15) is 17.7 Å². The summed E-state index contributed by atoms with van der Waals surface area (Å²) in [5, 5.41) is 13.8. The van der Waals surface area contributed by atoms with Crippen molar-refractivity contribution in [1.29, 1.82) is 0 Å². The number of anilines is 1. The molecule has 0 aliphatic carbocycles. The lowest BCUT2D eigenvalue weighted by Gasteiger charge is -2.47. The summed E-state index contributed by atoms with van der Waals surface area (Å²) in [5.74, 6) is -0.719. The number of hydrogen-bond donors (Lipinski definition) is 1.